The summed E-state index contributed by atoms with van der Waals surface area (Å²) in [6, 6.07) is 9.25. The summed E-state index contributed by atoms with van der Waals surface area (Å²) in [7, 11) is 0. The van der Waals surface area contributed by atoms with Crippen LogP contribution in [0.5, 0.6) is 5.75 Å². The Kier molecular flexibility index (Phi) is 2.75. The Labute approximate surface area is 87.1 Å². The number of furan rings is 1. The predicted octanol–water partition coefficient (Wildman–Crippen LogP) is 3.51. The van der Waals surface area contributed by atoms with E-state index < -0.39 is 0 Å². The van der Waals surface area contributed by atoms with Crippen LogP contribution < -0.4 is 4.74 Å². The first-order valence-electron chi connectivity index (χ1n) is 4.24. The first-order valence-corrected chi connectivity index (χ1v) is 4.62. The average Bonchev–Trinajstić information content (AvgIpc) is 2.69. The molecule has 2 aromatic rings. The fourth-order valence-corrected chi connectivity index (χ4v) is 1.29. The zero-order valence-corrected chi connectivity index (χ0v) is 8.20. The van der Waals surface area contributed by atoms with Crippen LogP contribution in [0.25, 0.3) is 0 Å². The van der Waals surface area contributed by atoms with Crippen LogP contribution in [-0.2, 0) is 6.61 Å². The summed E-state index contributed by atoms with van der Waals surface area (Å²) in [6.45, 7) is 0.472. The van der Waals surface area contributed by atoms with Crippen LogP contribution >= 0.6 is 11.6 Å². The van der Waals surface area contributed by atoms with Gasteiger partial charge in [0.25, 0.3) is 0 Å². The van der Waals surface area contributed by atoms with Gasteiger partial charge in [-0.05, 0) is 18.2 Å². The summed E-state index contributed by atoms with van der Waals surface area (Å²) in [5.41, 5.74) is 0.991. The van der Waals surface area contributed by atoms with Crippen molar-refractivity contribution in [3.8, 4) is 5.75 Å². The topological polar surface area (TPSA) is 22.4 Å². The van der Waals surface area contributed by atoms with Gasteiger partial charge in [-0.2, -0.15) is 0 Å². The van der Waals surface area contributed by atoms with Crippen LogP contribution in [0.3, 0.4) is 0 Å². The Bertz CT molecular complexity index is 395. The van der Waals surface area contributed by atoms with Crippen LogP contribution in [0, 0.1) is 0 Å². The van der Waals surface area contributed by atoms with Crippen LogP contribution in [0.15, 0.2) is 47.3 Å². The third-order valence-electron chi connectivity index (χ3n) is 1.81. The molecule has 0 spiro atoms. The summed E-state index contributed by atoms with van der Waals surface area (Å²) in [4.78, 5) is 0. The van der Waals surface area contributed by atoms with E-state index in [1.807, 2.05) is 24.3 Å². The molecule has 0 saturated heterocycles. The largest absolute Gasteiger partial charge is 0.487 e. The van der Waals surface area contributed by atoms with Crippen molar-refractivity contribution in [2.45, 2.75) is 6.61 Å². The van der Waals surface area contributed by atoms with Crippen molar-refractivity contribution in [2.24, 2.45) is 0 Å². The molecule has 0 aliphatic carbocycles. The molecule has 0 atom stereocenters. The molecule has 0 saturated carbocycles. The van der Waals surface area contributed by atoms with Crippen molar-refractivity contribution < 1.29 is 9.15 Å². The summed E-state index contributed by atoms with van der Waals surface area (Å²) in [5, 5.41) is 0.621. The molecule has 14 heavy (non-hydrogen) atoms. The molecule has 0 radical (unpaired) electrons. The first-order chi connectivity index (χ1) is 6.86. The maximum absolute atomic E-state index is 5.92. The predicted molar refractivity (Wildman–Crippen MR) is 54.5 cm³/mol. The summed E-state index contributed by atoms with van der Waals surface area (Å²) in [5.74, 6) is 0.690. The van der Waals surface area contributed by atoms with Gasteiger partial charge in [-0.15, -0.1) is 0 Å². The van der Waals surface area contributed by atoms with Crippen molar-refractivity contribution in [3.05, 3.63) is 53.4 Å². The molecular weight excluding hydrogens is 200 g/mol. The fraction of sp³-hybridized carbons (Fsp3) is 0.0909. The molecule has 1 heterocycles. The molecule has 1 aromatic carbocycles. The summed E-state index contributed by atoms with van der Waals surface area (Å²) in [6.07, 6.45) is 3.27. The third kappa shape index (κ3) is 2.09. The zero-order valence-electron chi connectivity index (χ0n) is 7.44. The van der Waals surface area contributed by atoms with Crippen LogP contribution in [0.4, 0.5) is 0 Å². The lowest BCUT2D eigenvalue weighted by Crippen LogP contribution is -1.93. The van der Waals surface area contributed by atoms with E-state index in [-0.39, 0.29) is 0 Å². The van der Waals surface area contributed by atoms with Gasteiger partial charge in [-0.25, -0.2) is 0 Å². The monoisotopic (exact) mass is 208 g/mol. The average molecular weight is 209 g/mol. The Balaban J connectivity index is 2.02. The number of benzene rings is 1. The van der Waals surface area contributed by atoms with Crippen molar-refractivity contribution in [2.75, 3.05) is 0 Å². The minimum Gasteiger partial charge on any atom is -0.487 e. The minimum atomic E-state index is 0.472. The highest BCUT2D eigenvalue weighted by atomic mass is 35.5. The highest BCUT2D eigenvalue weighted by Gasteiger charge is 2.00. The maximum atomic E-state index is 5.92. The van der Waals surface area contributed by atoms with Gasteiger partial charge in [0.15, 0.2) is 0 Å². The zero-order chi connectivity index (χ0) is 9.80. The number of ether oxygens (including phenoxy) is 1. The third-order valence-corrected chi connectivity index (χ3v) is 2.12. The van der Waals surface area contributed by atoms with E-state index in [2.05, 4.69) is 0 Å². The van der Waals surface area contributed by atoms with Crippen LogP contribution in [-0.4, -0.2) is 0 Å². The summed E-state index contributed by atoms with van der Waals surface area (Å²) < 4.78 is 10.4. The Morgan fingerprint density at radius 2 is 2.07 bits per heavy atom. The molecule has 72 valence electrons. The molecule has 1 aromatic heterocycles. The molecule has 0 bridgehead atoms. The lowest BCUT2D eigenvalue weighted by molar-refractivity contribution is 0.305. The van der Waals surface area contributed by atoms with Gasteiger partial charge >= 0.3 is 0 Å². The molecule has 0 amide bonds. The van der Waals surface area contributed by atoms with E-state index in [9.17, 15) is 0 Å². The lowest BCUT2D eigenvalue weighted by Gasteiger charge is -2.05. The van der Waals surface area contributed by atoms with Crippen molar-refractivity contribution in [3.63, 3.8) is 0 Å². The van der Waals surface area contributed by atoms with E-state index >= 15 is 0 Å². The normalized spacial score (nSPS) is 10.1. The molecule has 0 N–H and O–H groups in total. The van der Waals surface area contributed by atoms with Gasteiger partial charge in [0, 0.05) is 5.56 Å². The van der Waals surface area contributed by atoms with Gasteiger partial charge in [-0.3, -0.25) is 0 Å². The minimum absolute atomic E-state index is 0.472. The van der Waals surface area contributed by atoms with Gasteiger partial charge < -0.3 is 9.15 Å². The number of hydrogen-bond donors (Lipinski definition) is 0. The number of para-hydroxylation sites is 1. The molecule has 0 fully saturated rings. The van der Waals surface area contributed by atoms with Crippen molar-refractivity contribution in [1.29, 1.82) is 0 Å². The van der Waals surface area contributed by atoms with Crippen LogP contribution in [0.2, 0.25) is 5.02 Å². The van der Waals surface area contributed by atoms with E-state index in [0.717, 1.165) is 5.56 Å². The quantitative estimate of drug-likeness (QED) is 0.770. The van der Waals surface area contributed by atoms with Gasteiger partial charge in [-0.1, -0.05) is 23.7 Å². The molecule has 2 nitrogen and oxygen atoms in total. The second-order valence-electron chi connectivity index (χ2n) is 2.85. The molecule has 0 unspecified atom stereocenters. The standard InChI is InChI=1S/C11H9ClO2/c12-10-3-1-2-4-11(10)14-8-9-5-6-13-7-9/h1-7H,8H2. The Morgan fingerprint density at radius 3 is 2.79 bits per heavy atom. The Hall–Kier alpha value is -1.41. The number of hydrogen-bond acceptors (Lipinski definition) is 2. The van der Waals surface area contributed by atoms with E-state index in [1.54, 1.807) is 18.6 Å². The highest BCUT2D eigenvalue weighted by molar-refractivity contribution is 6.32. The van der Waals surface area contributed by atoms with Gasteiger partial charge in [0.2, 0.25) is 0 Å². The van der Waals surface area contributed by atoms with Crippen molar-refractivity contribution in [1.82, 2.24) is 0 Å². The van der Waals surface area contributed by atoms with Crippen LogP contribution in [0.1, 0.15) is 5.56 Å². The smallest absolute Gasteiger partial charge is 0.138 e. The second-order valence-corrected chi connectivity index (χ2v) is 3.26. The molecule has 2 rings (SSSR count). The van der Waals surface area contributed by atoms with Gasteiger partial charge in [0.1, 0.15) is 12.4 Å². The summed E-state index contributed by atoms with van der Waals surface area (Å²) >= 11 is 5.92. The van der Waals surface area contributed by atoms with Crippen molar-refractivity contribution >= 4 is 11.6 Å². The Morgan fingerprint density at radius 1 is 1.21 bits per heavy atom. The molecular formula is C11H9ClO2. The van der Waals surface area contributed by atoms with E-state index in [1.165, 1.54) is 0 Å². The van der Waals surface area contributed by atoms with E-state index in [4.69, 9.17) is 20.8 Å². The lowest BCUT2D eigenvalue weighted by atomic mass is 10.3. The van der Waals surface area contributed by atoms with Gasteiger partial charge in [0.05, 0.1) is 17.5 Å². The molecule has 0 aliphatic rings. The highest BCUT2D eigenvalue weighted by Crippen LogP contribution is 2.23. The fourth-order valence-electron chi connectivity index (χ4n) is 1.10. The maximum Gasteiger partial charge on any atom is 0.138 e. The molecule has 3 heteroatoms. The second kappa shape index (κ2) is 4.20. The molecule has 0 aliphatic heterocycles. The number of rotatable bonds is 3. The van der Waals surface area contributed by atoms with E-state index in [0.29, 0.717) is 17.4 Å². The SMILES string of the molecule is Clc1ccccc1OCc1ccoc1. The first kappa shape index (κ1) is 9.16. The number of halogens is 1.